The van der Waals surface area contributed by atoms with Crippen LogP contribution in [0, 0.1) is 0 Å². The maximum absolute atomic E-state index is 12.1. The van der Waals surface area contributed by atoms with E-state index in [1.807, 2.05) is 20.8 Å². The van der Waals surface area contributed by atoms with Crippen molar-refractivity contribution in [2.75, 3.05) is 6.61 Å². The third kappa shape index (κ3) is 4.82. The summed E-state index contributed by atoms with van der Waals surface area (Å²) in [4.78, 5) is 23.8. The first-order chi connectivity index (χ1) is 10.8. The van der Waals surface area contributed by atoms with Crippen molar-refractivity contribution in [2.45, 2.75) is 26.3 Å². The van der Waals surface area contributed by atoms with Crippen molar-refractivity contribution >= 4 is 23.5 Å². The monoisotopic (exact) mass is 335 g/mol. The Kier molecular flexibility index (Phi) is 5.05. The topological polar surface area (TPSA) is 84.1 Å². The van der Waals surface area contributed by atoms with Crippen LogP contribution in [0.4, 0.5) is 0 Å². The first kappa shape index (κ1) is 17.0. The Bertz CT molecular complexity index is 702. The number of nitrogens with zero attached hydrogens (tertiary/aromatic N) is 1. The highest BCUT2D eigenvalue weighted by molar-refractivity contribution is 6.30. The van der Waals surface area contributed by atoms with Gasteiger partial charge in [0.2, 0.25) is 0 Å². The number of ether oxygens (including phenoxy) is 1. The van der Waals surface area contributed by atoms with Crippen LogP contribution in [0.25, 0.3) is 11.3 Å². The van der Waals surface area contributed by atoms with Crippen LogP contribution in [-0.4, -0.2) is 34.2 Å². The predicted molar refractivity (Wildman–Crippen MR) is 87.2 cm³/mol. The molecule has 0 bridgehead atoms. The van der Waals surface area contributed by atoms with Crippen LogP contribution in [0.15, 0.2) is 30.5 Å². The molecule has 1 aromatic heterocycles. The molecule has 1 heterocycles. The maximum Gasteiger partial charge on any atom is 0.342 e. The summed E-state index contributed by atoms with van der Waals surface area (Å²) in [6.07, 6.45) is 1.37. The average molecular weight is 336 g/mol. The Labute approximate surface area is 139 Å². The van der Waals surface area contributed by atoms with E-state index in [4.69, 9.17) is 16.3 Å². The first-order valence-corrected chi connectivity index (χ1v) is 7.41. The van der Waals surface area contributed by atoms with Crippen molar-refractivity contribution in [3.05, 3.63) is 41.0 Å². The molecule has 0 unspecified atom stereocenters. The molecule has 1 amide bonds. The lowest BCUT2D eigenvalue weighted by Gasteiger charge is -2.20. The molecule has 0 spiro atoms. The van der Waals surface area contributed by atoms with Gasteiger partial charge in [-0.05, 0) is 32.9 Å². The number of benzene rings is 1. The van der Waals surface area contributed by atoms with E-state index >= 15 is 0 Å². The van der Waals surface area contributed by atoms with E-state index in [2.05, 4.69) is 15.5 Å². The van der Waals surface area contributed by atoms with Gasteiger partial charge in [0.15, 0.2) is 6.61 Å². The van der Waals surface area contributed by atoms with Crippen LogP contribution in [0.2, 0.25) is 5.02 Å². The van der Waals surface area contributed by atoms with Gasteiger partial charge < -0.3 is 10.1 Å². The number of aromatic amines is 1. The second-order valence-electron chi connectivity index (χ2n) is 6.04. The smallest absolute Gasteiger partial charge is 0.342 e. The largest absolute Gasteiger partial charge is 0.452 e. The fourth-order valence-electron chi connectivity index (χ4n) is 1.94. The average Bonchev–Trinajstić information content (AvgIpc) is 2.93. The molecule has 2 rings (SSSR count). The lowest BCUT2D eigenvalue weighted by Crippen LogP contribution is -2.42. The summed E-state index contributed by atoms with van der Waals surface area (Å²) in [6.45, 7) is 5.20. The van der Waals surface area contributed by atoms with Crippen LogP contribution in [0.5, 0.6) is 0 Å². The fourth-order valence-corrected chi connectivity index (χ4v) is 2.07. The van der Waals surface area contributed by atoms with Gasteiger partial charge in [-0.1, -0.05) is 23.7 Å². The van der Waals surface area contributed by atoms with E-state index in [0.29, 0.717) is 10.7 Å². The number of nitrogens with one attached hydrogen (secondary N) is 2. The highest BCUT2D eigenvalue weighted by Crippen LogP contribution is 2.23. The molecular weight excluding hydrogens is 318 g/mol. The maximum atomic E-state index is 12.1. The van der Waals surface area contributed by atoms with Gasteiger partial charge in [-0.25, -0.2) is 4.79 Å². The number of carbonyl (C=O) groups is 2. The highest BCUT2D eigenvalue weighted by atomic mass is 35.5. The quantitative estimate of drug-likeness (QED) is 0.841. The van der Waals surface area contributed by atoms with Crippen molar-refractivity contribution in [1.29, 1.82) is 0 Å². The number of aromatic nitrogens is 2. The number of H-pyrrole nitrogens is 1. The summed E-state index contributed by atoms with van der Waals surface area (Å²) in [5.74, 6) is -0.977. The Morgan fingerprint density at radius 3 is 2.52 bits per heavy atom. The molecule has 0 atom stereocenters. The third-order valence-electron chi connectivity index (χ3n) is 2.84. The first-order valence-electron chi connectivity index (χ1n) is 7.04. The highest BCUT2D eigenvalue weighted by Gasteiger charge is 2.19. The number of esters is 1. The Morgan fingerprint density at radius 1 is 1.26 bits per heavy atom. The number of hydrogen-bond acceptors (Lipinski definition) is 4. The molecule has 0 fully saturated rings. The molecule has 2 N–H and O–H groups in total. The Morgan fingerprint density at radius 2 is 1.91 bits per heavy atom. The van der Waals surface area contributed by atoms with Crippen molar-refractivity contribution in [1.82, 2.24) is 15.5 Å². The normalized spacial score (nSPS) is 11.1. The van der Waals surface area contributed by atoms with Gasteiger partial charge in [-0.2, -0.15) is 5.10 Å². The van der Waals surface area contributed by atoms with Crippen molar-refractivity contribution in [2.24, 2.45) is 0 Å². The molecule has 0 aliphatic carbocycles. The van der Waals surface area contributed by atoms with Crippen LogP contribution < -0.4 is 5.32 Å². The summed E-state index contributed by atoms with van der Waals surface area (Å²) < 4.78 is 5.04. The number of carbonyl (C=O) groups excluding carboxylic acids is 2. The molecule has 6 nitrogen and oxygen atoms in total. The van der Waals surface area contributed by atoms with E-state index in [1.54, 1.807) is 24.3 Å². The number of halogens is 1. The van der Waals surface area contributed by atoms with E-state index in [-0.39, 0.29) is 23.6 Å². The molecule has 0 aliphatic heterocycles. The van der Waals surface area contributed by atoms with Gasteiger partial charge in [-0.15, -0.1) is 0 Å². The summed E-state index contributed by atoms with van der Waals surface area (Å²) >= 11 is 5.85. The van der Waals surface area contributed by atoms with Gasteiger partial charge in [-0.3, -0.25) is 9.89 Å². The fraction of sp³-hybridized carbons (Fsp3) is 0.312. The molecule has 1 aromatic carbocycles. The Hall–Kier alpha value is -2.34. The number of hydrogen-bond donors (Lipinski definition) is 2. The van der Waals surface area contributed by atoms with Gasteiger partial charge >= 0.3 is 5.97 Å². The molecule has 7 heteroatoms. The van der Waals surface area contributed by atoms with Crippen molar-refractivity contribution < 1.29 is 14.3 Å². The van der Waals surface area contributed by atoms with Crippen molar-refractivity contribution in [3.8, 4) is 11.3 Å². The van der Waals surface area contributed by atoms with Crippen LogP contribution in [-0.2, 0) is 9.53 Å². The lowest BCUT2D eigenvalue weighted by atomic mass is 10.1. The van der Waals surface area contributed by atoms with Gasteiger partial charge in [0, 0.05) is 16.1 Å². The zero-order chi connectivity index (χ0) is 17.0. The molecule has 122 valence electrons. The number of amides is 1. The molecule has 23 heavy (non-hydrogen) atoms. The predicted octanol–water partition coefficient (Wildman–Crippen LogP) is 2.80. The molecule has 0 aliphatic rings. The standard InChI is InChI=1S/C16H18ClN3O3/c1-16(2,3)19-13(21)9-23-15(22)12-8-18-20-14(12)10-4-6-11(17)7-5-10/h4-8H,9H2,1-3H3,(H,18,20)(H,19,21). The van der Waals surface area contributed by atoms with E-state index in [0.717, 1.165) is 5.56 Å². The van der Waals surface area contributed by atoms with Crippen molar-refractivity contribution in [3.63, 3.8) is 0 Å². The summed E-state index contributed by atoms with van der Waals surface area (Å²) in [7, 11) is 0. The second-order valence-corrected chi connectivity index (χ2v) is 6.48. The SMILES string of the molecule is CC(C)(C)NC(=O)COC(=O)c1cn[nH]c1-c1ccc(Cl)cc1. The molecule has 0 saturated heterocycles. The Balaban J connectivity index is 2.05. The molecule has 0 saturated carbocycles. The van der Waals surface area contributed by atoms with Gasteiger partial charge in [0.05, 0.1) is 11.9 Å². The minimum atomic E-state index is -0.618. The van der Waals surface area contributed by atoms with Crippen LogP contribution in [0.3, 0.4) is 0 Å². The number of rotatable bonds is 4. The second kappa shape index (κ2) is 6.83. The van der Waals surface area contributed by atoms with Crippen LogP contribution in [0.1, 0.15) is 31.1 Å². The molecular formula is C16H18ClN3O3. The van der Waals surface area contributed by atoms with Gasteiger partial charge in [0.1, 0.15) is 5.56 Å². The van der Waals surface area contributed by atoms with E-state index in [9.17, 15) is 9.59 Å². The third-order valence-corrected chi connectivity index (χ3v) is 3.09. The molecule has 0 radical (unpaired) electrons. The van der Waals surface area contributed by atoms with E-state index in [1.165, 1.54) is 6.20 Å². The van der Waals surface area contributed by atoms with Gasteiger partial charge in [0.25, 0.3) is 5.91 Å². The summed E-state index contributed by atoms with van der Waals surface area (Å²) in [5, 5.41) is 9.93. The summed E-state index contributed by atoms with van der Waals surface area (Å²) in [6, 6.07) is 6.95. The lowest BCUT2D eigenvalue weighted by molar-refractivity contribution is -0.125. The van der Waals surface area contributed by atoms with Crippen LogP contribution >= 0.6 is 11.6 Å². The summed E-state index contributed by atoms with van der Waals surface area (Å²) in [5.41, 5.74) is 1.14. The molecule has 2 aromatic rings. The zero-order valence-electron chi connectivity index (χ0n) is 13.1. The minimum absolute atomic E-state index is 0.260. The zero-order valence-corrected chi connectivity index (χ0v) is 13.9. The minimum Gasteiger partial charge on any atom is -0.452 e. The van der Waals surface area contributed by atoms with E-state index < -0.39 is 5.97 Å².